The fourth-order valence-corrected chi connectivity index (χ4v) is 4.19. The Morgan fingerprint density at radius 3 is 2.37 bits per heavy atom. The lowest BCUT2D eigenvalue weighted by molar-refractivity contribution is 0.0600. The Morgan fingerprint density at radius 1 is 1.11 bits per heavy atom. The van der Waals surface area contributed by atoms with E-state index in [1.165, 1.54) is 50.6 Å². The van der Waals surface area contributed by atoms with Crippen LogP contribution in [0.25, 0.3) is 0 Å². The number of rotatable bonds is 6. The lowest BCUT2D eigenvalue weighted by Gasteiger charge is -2.18. The van der Waals surface area contributed by atoms with Crippen LogP contribution in [-0.4, -0.2) is 43.2 Å². The summed E-state index contributed by atoms with van der Waals surface area (Å²) in [6.45, 7) is 0. The van der Waals surface area contributed by atoms with E-state index in [-0.39, 0.29) is 26.9 Å². The largest absolute Gasteiger partial charge is 0.465 e. The molecule has 0 aliphatic carbocycles. The fourth-order valence-electron chi connectivity index (χ4n) is 2.12. The topological polar surface area (TPSA) is 110 Å². The summed E-state index contributed by atoms with van der Waals surface area (Å²) in [4.78, 5) is 11.3. The Bertz CT molecular complexity index is 1080. The van der Waals surface area contributed by atoms with E-state index in [0.717, 1.165) is 16.6 Å². The molecule has 146 valence electrons. The number of anilines is 2. The number of carbonyl (C=O) groups excluding carboxylic acids is 1. The molecule has 0 fully saturated rings. The molecule has 0 unspecified atom stereocenters. The Hall–Kier alpha value is -2.30. The highest BCUT2D eigenvalue weighted by Crippen LogP contribution is 2.27. The van der Waals surface area contributed by atoms with E-state index in [1.54, 1.807) is 0 Å². The Morgan fingerprint density at radius 2 is 1.78 bits per heavy atom. The molecule has 0 saturated heterocycles. The van der Waals surface area contributed by atoms with Crippen molar-refractivity contribution in [3.63, 3.8) is 0 Å². The number of nitrogens with zero attached hydrogens (tertiary/aromatic N) is 1. The highest BCUT2D eigenvalue weighted by atomic mass is 35.5. The highest BCUT2D eigenvalue weighted by Gasteiger charge is 2.21. The summed E-state index contributed by atoms with van der Waals surface area (Å²) in [7, 11) is -5.13. The SMILES string of the molecule is COC(=O)c1ccc(Cl)c(S(=O)(=O)Nc2cccc(N(C)S(C)(=O)=O)c2)c1. The highest BCUT2D eigenvalue weighted by molar-refractivity contribution is 7.93. The third kappa shape index (κ3) is 4.90. The summed E-state index contributed by atoms with van der Waals surface area (Å²) in [6, 6.07) is 9.55. The number of nitrogens with one attached hydrogen (secondary N) is 1. The maximum Gasteiger partial charge on any atom is 0.337 e. The van der Waals surface area contributed by atoms with E-state index in [4.69, 9.17) is 11.6 Å². The second kappa shape index (κ2) is 7.75. The van der Waals surface area contributed by atoms with Crippen LogP contribution < -0.4 is 9.03 Å². The van der Waals surface area contributed by atoms with Gasteiger partial charge >= 0.3 is 5.97 Å². The number of ether oxygens (including phenoxy) is 1. The summed E-state index contributed by atoms with van der Waals surface area (Å²) >= 11 is 5.98. The second-order valence-electron chi connectivity index (χ2n) is 5.52. The molecule has 27 heavy (non-hydrogen) atoms. The number of esters is 1. The zero-order valence-corrected chi connectivity index (χ0v) is 17.0. The maximum absolute atomic E-state index is 12.7. The third-order valence-corrected chi connectivity index (χ3v) is 6.67. The lowest BCUT2D eigenvalue weighted by atomic mass is 10.2. The first-order valence-corrected chi connectivity index (χ1v) is 11.1. The first kappa shape index (κ1) is 21.0. The van der Waals surface area contributed by atoms with Crippen molar-refractivity contribution in [2.45, 2.75) is 4.90 Å². The molecule has 2 aromatic rings. The standard InChI is InChI=1S/C16H17ClN2O6S2/c1-19(26(3,21)22)13-6-4-5-12(10-13)18-27(23,24)15-9-11(16(20)25-2)7-8-14(15)17/h4-10,18H,1-3H3. The molecule has 11 heteroatoms. The first-order chi connectivity index (χ1) is 12.5. The summed E-state index contributed by atoms with van der Waals surface area (Å²) in [6.07, 6.45) is 1.03. The summed E-state index contributed by atoms with van der Waals surface area (Å²) in [5, 5.41) is -0.0837. The van der Waals surface area contributed by atoms with Gasteiger partial charge in [-0.3, -0.25) is 9.03 Å². The van der Waals surface area contributed by atoms with Crippen LogP contribution in [0.1, 0.15) is 10.4 Å². The molecule has 0 bridgehead atoms. The van der Waals surface area contributed by atoms with Gasteiger partial charge in [-0.25, -0.2) is 21.6 Å². The average molecular weight is 433 g/mol. The minimum atomic E-state index is -4.14. The van der Waals surface area contributed by atoms with Crippen molar-refractivity contribution in [1.29, 1.82) is 0 Å². The number of halogens is 1. The maximum atomic E-state index is 12.7. The van der Waals surface area contributed by atoms with Crippen molar-refractivity contribution >= 4 is 49.0 Å². The molecule has 0 amide bonds. The zero-order chi connectivity index (χ0) is 20.4. The van der Waals surface area contributed by atoms with Gasteiger partial charge in [0.1, 0.15) is 4.90 Å². The molecule has 0 atom stereocenters. The van der Waals surface area contributed by atoms with Crippen LogP contribution in [-0.2, 0) is 24.8 Å². The van der Waals surface area contributed by atoms with Crippen LogP contribution in [0.3, 0.4) is 0 Å². The molecule has 2 aromatic carbocycles. The number of carbonyl (C=O) groups is 1. The molecule has 0 heterocycles. The second-order valence-corrected chi connectivity index (χ2v) is 9.59. The Kier molecular flexibility index (Phi) is 6.03. The van der Waals surface area contributed by atoms with Crippen molar-refractivity contribution in [2.75, 3.05) is 29.4 Å². The quantitative estimate of drug-likeness (QED) is 0.701. The van der Waals surface area contributed by atoms with Gasteiger partial charge in [0.25, 0.3) is 10.0 Å². The molecule has 0 aromatic heterocycles. The van der Waals surface area contributed by atoms with Gasteiger partial charge in [0.15, 0.2) is 0 Å². The van der Waals surface area contributed by atoms with E-state index in [9.17, 15) is 21.6 Å². The number of hydrogen-bond acceptors (Lipinski definition) is 6. The first-order valence-electron chi connectivity index (χ1n) is 7.40. The number of benzene rings is 2. The molecule has 0 spiro atoms. The van der Waals surface area contributed by atoms with E-state index in [0.29, 0.717) is 0 Å². The molecule has 0 radical (unpaired) electrons. The smallest absolute Gasteiger partial charge is 0.337 e. The molecular weight excluding hydrogens is 416 g/mol. The number of methoxy groups -OCH3 is 1. The fraction of sp³-hybridized carbons (Fsp3) is 0.188. The van der Waals surface area contributed by atoms with Gasteiger partial charge in [-0.15, -0.1) is 0 Å². The molecule has 2 rings (SSSR count). The predicted octanol–water partition coefficient (Wildman–Crippen LogP) is 2.32. The van der Waals surface area contributed by atoms with Crippen LogP contribution in [0.15, 0.2) is 47.4 Å². The average Bonchev–Trinajstić information content (AvgIpc) is 2.59. The van der Waals surface area contributed by atoms with Crippen molar-refractivity contribution in [2.24, 2.45) is 0 Å². The molecule has 0 saturated carbocycles. The van der Waals surface area contributed by atoms with E-state index >= 15 is 0 Å². The van der Waals surface area contributed by atoms with E-state index < -0.39 is 26.0 Å². The van der Waals surface area contributed by atoms with Crippen LogP contribution in [0.2, 0.25) is 5.02 Å². The summed E-state index contributed by atoms with van der Waals surface area (Å²) < 4.78 is 56.6. The zero-order valence-electron chi connectivity index (χ0n) is 14.6. The molecule has 0 aliphatic rings. The molecule has 1 N–H and O–H groups in total. The van der Waals surface area contributed by atoms with Gasteiger partial charge in [-0.1, -0.05) is 17.7 Å². The van der Waals surface area contributed by atoms with Crippen molar-refractivity contribution < 1.29 is 26.4 Å². The summed E-state index contributed by atoms with van der Waals surface area (Å²) in [5.74, 6) is -0.708. The minimum absolute atomic E-state index is 0.0211. The monoisotopic (exact) mass is 432 g/mol. The van der Waals surface area contributed by atoms with Gasteiger partial charge in [-0.05, 0) is 36.4 Å². The lowest BCUT2D eigenvalue weighted by Crippen LogP contribution is -2.25. The van der Waals surface area contributed by atoms with Gasteiger partial charge < -0.3 is 4.74 Å². The predicted molar refractivity (Wildman–Crippen MR) is 103 cm³/mol. The van der Waals surface area contributed by atoms with Gasteiger partial charge in [0.2, 0.25) is 10.0 Å². The molecule has 0 aliphatic heterocycles. The number of hydrogen-bond donors (Lipinski definition) is 1. The molecular formula is C16H17ClN2O6S2. The normalized spacial score (nSPS) is 11.7. The third-order valence-electron chi connectivity index (χ3n) is 3.60. The van der Waals surface area contributed by atoms with Crippen molar-refractivity contribution in [3.8, 4) is 0 Å². The van der Waals surface area contributed by atoms with Gasteiger partial charge in [-0.2, -0.15) is 0 Å². The Labute approximate surface area is 162 Å². The Balaban J connectivity index is 2.42. The van der Waals surface area contributed by atoms with Crippen molar-refractivity contribution in [1.82, 2.24) is 0 Å². The van der Waals surface area contributed by atoms with E-state index in [2.05, 4.69) is 9.46 Å². The van der Waals surface area contributed by atoms with Crippen LogP contribution in [0.5, 0.6) is 0 Å². The molecule has 8 nitrogen and oxygen atoms in total. The summed E-state index contributed by atoms with van der Waals surface area (Å²) in [5.41, 5.74) is 0.419. The van der Waals surface area contributed by atoms with Gasteiger partial charge in [0.05, 0.1) is 35.3 Å². The minimum Gasteiger partial charge on any atom is -0.465 e. The van der Waals surface area contributed by atoms with Crippen LogP contribution in [0, 0.1) is 0 Å². The van der Waals surface area contributed by atoms with Crippen molar-refractivity contribution in [3.05, 3.63) is 53.1 Å². The van der Waals surface area contributed by atoms with Crippen LogP contribution in [0.4, 0.5) is 11.4 Å². The van der Waals surface area contributed by atoms with Crippen LogP contribution >= 0.6 is 11.6 Å². The van der Waals surface area contributed by atoms with Gasteiger partial charge in [0, 0.05) is 7.05 Å². The number of sulfonamides is 2. The van der Waals surface area contributed by atoms with E-state index in [1.807, 2.05) is 0 Å².